The maximum Gasteiger partial charge on any atom is 0.338 e. The number of rotatable bonds is 6. The van der Waals surface area contributed by atoms with E-state index in [1.54, 1.807) is 12.1 Å². The topological polar surface area (TPSA) is 66.8 Å². The Morgan fingerprint density at radius 1 is 1.35 bits per heavy atom. The normalized spacial score (nSPS) is 20.0. The van der Waals surface area contributed by atoms with Crippen molar-refractivity contribution in [2.24, 2.45) is 5.92 Å². The molecule has 5 nitrogen and oxygen atoms in total. The van der Waals surface area contributed by atoms with E-state index in [2.05, 4.69) is 4.90 Å². The maximum absolute atomic E-state index is 11.9. The summed E-state index contributed by atoms with van der Waals surface area (Å²) in [5, 5.41) is 9.13. The number of carboxylic acid groups (broad SMARTS) is 1. The van der Waals surface area contributed by atoms with Gasteiger partial charge in [0.2, 0.25) is 0 Å². The molecule has 2 unspecified atom stereocenters. The first-order valence-corrected chi connectivity index (χ1v) is 8.24. The highest BCUT2D eigenvalue weighted by atomic mass is 16.5. The summed E-state index contributed by atoms with van der Waals surface area (Å²) >= 11 is 0. The Labute approximate surface area is 137 Å². The number of carbonyl (C=O) groups excluding carboxylic acids is 1. The second-order valence-corrected chi connectivity index (χ2v) is 6.23. The first kappa shape index (κ1) is 17.5. The van der Waals surface area contributed by atoms with Gasteiger partial charge in [0.05, 0.1) is 17.6 Å². The van der Waals surface area contributed by atoms with Crippen molar-refractivity contribution in [3.05, 3.63) is 35.4 Å². The number of hydrogen-bond acceptors (Lipinski definition) is 4. The van der Waals surface area contributed by atoms with Gasteiger partial charge in [-0.15, -0.1) is 0 Å². The highest BCUT2D eigenvalue weighted by molar-refractivity contribution is 5.89. The van der Waals surface area contributed by atoms with Crippen molar-refractivity contribution in [3.63, 3.8) is 0 Å². The second kappa shape index (κ2) is 8.11. The highest BCUT2D eigenvalue weighted by Gasteiger charge is 2.25. The molecule has 1 heterocycles. The van der Waals surface area contributed by atoms with Crippen LogP contribution in [0.15, 0.2) is 24.3 Å². The van der Waals surface area contributed by atoms with Gasteiger partial charge in [0.15, 0.2) is 0 Å². The lowest BCUT2D eigenvalue weighted by Crippen LogP contribution is -2.38. The molecule has 0 aromatic heterocycles. The van der Waals surface area contributed by atoms with Gasteiger partial charge < -0.3 is 9.84 Å². The highest BCUT2D eigenvalue weighted by Crippen LogP contribution is 2.19. The van der Waals surface area contributed by atoms with E-state index >= 15 is 0 Å². The molecular weight excluding hydrogens is 294 g/mol. The Morgan fingerprint density at radius 2 is 2.04 bits per heavy atom. The monoisotopic (exact) mass is 319 g/mol. The minimum atomic E-state index is -0.710. The Bertz CT molecular complexity index is 540. The van der Waals surface area contributed by atoms with Crippen LogP contribution in [-0.2, 0) is 16.1 Å². The van der Waals surface area contributed by atoms with Crippen molar-refractivity contribution in [3.8, 4) is 0 Å². The van der Waals surface area contributed by atoms with E-state index in [0.717, 1.165) is 31.4 Å². The van der Waals surface area contributed by atoms with Crippen LogP contribution in [0, 0.1) is 5.92 Å². The standard InChI is InChI=1S/C18H25NO4/c1-3-13(2)23-18(22)15-8-6-14(7-9-15)11-19-10-4-5-16(12-19)17(20)21/h6-9,13,16H,3-5,10-12H2,1-2H3,(H,20,21). The molecule has 5 heteroatoms. The molecule has 1 N–H and O–H groups in total. The molecule has 1 aromatic rings. The smallest absolute Gasteiger partial charge is 0.338 e. The van der Waals surface area contributed by atoms with Crippen LogP contribution in [0.25, 0.3) is 0 Å². The van der Waals surface area contributed by atoms with Crippen molar-refractivity contribution in [1.82, 2.24) is 4.90 Å². The predicted octanol–water partition coefficient (Wildman–Crippen LogP) is 2.94. The van der Waals surface area contributed by atoms with E-state index in [9.17, 15) is 9.59 Å². The molecule has 1 fully saturated rings. The fourth-order valence-corrected chi connectivity index (χ4v) is 2.74. The average molecular weight is 319 g/mol. The number of piperidine rings is 1. The summed E-state index contributed by atoms with van der Waals surface area (Å²) in [6.45, 7) is 6.07. The van der Waals surface area contributed by atoms with E-state index in [0.29, 0.717) is 18.7 Å². The third-order valence-corrected chi connectivity index (χ3v) is 4.33. The van der Waals surface area contributed by atoms with Crippen molar-refractivity contribution in [2.45, 2.75) is 45.8 Å². The van der Waals surface area contributed by atoms with Gasteiger partial charge in [0, 0.05) is 13.1 Å². The predicted molar refractivity (Wildman–Crippen MR) is 87.2 cm³/mol. The first-order valence-electron chi connectivity index (χ1n) is 8.24. The quantitative estimate of drug-likeness (QED) is 0.817. The van der Waals surface area contributed by atoms with Gasteiger partial charge in [0.1, 0.15) is 0 Å². The third kappa shape index (κ3) is 5.06. The second-order valence-electron chi connectivity index (χ2n) is 6.23. The summed E-state index contributed by atoms with van der Waals surface area (Å²) in [5.41, 5.74) is 1.63. The Kier molecular flexibility index (Phi) is 6.16. The molecule has 0 aliphatic carbocycles. The minimum absolute atomic E-state index is 0.0801. The number of carbonyl (C=O) groups is 2. The summed E-state index contributed by atoms with van der Waals surface area (Å²) in [6.07, 6.45) is 2.38. The molecule has 0 radical (unpaired) electrons. The summed E-state index contributed by atoms with van der Waals surface area (Å²) in [6, 6.07) is 7.38. The summed E-state index contributed by atoms with van der Waals surface area (Å²) in [4.78, 5) is 25.2. The Hall–Kier alpha value is -1.88. The molecule has 2 atom stereocenters. The van der Waals surface area contributed by atoms with E-state index in [-0.39, 0.29) is 18.0 Å². The van der Waals surface area contributed by atoms with Crippen molar-refractivity contribution >= 4 is 11.9 Å². The van der Waals surface area contributed by atoms with Gasteiger partial charge in [-0.05, 0) is 50.4 Å². The van der Waals surface area contributed by atoms with Gasteiger partial charge in [0.25, 0.3) is 0 Å². The number of ether oxygens (including phenoxy) is 1. The number of benzene rings is 1. The van der Waals surface area contributed by atoms with Crippen LogP contribution in [-0.4, -0.2) is 41.1 Å². The zero-order valence-corrected chi connectivity index (χ0v) is 13.8. The molecule has 1 saturated heterocycles. The maximum atomic E-state index is 11.9. The average Bonchev–Trinajstić information content (AvgIpc) is 2.55. The van der Waals surface area contributed by atoms with Crippen LogP contribution in [0.4, 0.5) is 0 Å². The van der Waals surface area contributed by atoms with Crippen LogP contribution < -0.4 is 0 Å². The molecule has 0 saturated carbocycles. The Balaban J connectivity index is 1.92. The molecule has 126 valence electrons. The lowest BCUT2D eigenvalue weighted by molar-refractivity contribution is -0.143. The van der Waals surface area contributed by atoms with Crippen LogP contribution in [0.3, 0.4) is 0 Å². The van der Waals surface area contributed by atoms with Crippen LogP contribution >= 0.6 is 0 Å². The SMILES string of the molecule is CCC(C)OC(=O)c1ccc(CN2CCCC(C(=O)O)C2)cc1. The summed E-state index contributed by atoms with van der Waals surface area (Å²) in [7, 11) is 0. The van der Waals surface area contributed by atoms with Crippen molar-refractivity contribution in [1.29, 1.82) is 0 Å². The zero-order valence-electron chi connectivity index (χ0n) is 13.8. The molecule has 1 aliphatic rings. The third-order valence-electron chi connectivity index (χ3n) is 4.33. The van der Waals surface area contributed by atoms with Crippen molar-refractivity contribution in [2.75, 3.05) is 13.1 Å². The lowest BCUT2D eigenvalue weighted by atomic mass is 9.98. The van der Waals surface area contributed by atoms with E-state index in [4.69, 9.17) is 9.84 Å². The molecule has 1 aliphatic heterocycles. The summed E-state index contributed by atoms with van der Waals surface area (Å²) in [5.74, 6) is -1.28. The van der Waals surface area contributed by atoms with E-state index in [1.165, 1.54) is 0 Å². The van der Waals surface area contributed by atoms with Crippen LogP contribution in [0.5, 0.6) is 0 Å². The lowest BCUT2D eigenvalue weighted by Gasteiger charge is -2.30. The number of likely N-dealkylation sites (tertiary alicyclic amines) is 1. The Morgan fingerprint density at radius 3 is 2.65 bits per heavy atom. The van der Waals surface area contributed by atoms with Crippen LogP contribution in [0.1, 0.15) is 49.0 Å². The van der Waals surface area contributed by atoms with E-state index < -0.39 is 5.97 Å². The molecule has 0 amide bonds. The van der Waals surface area contributed by atoms with Gasteiger partial charge in [-0.1, -0.05) is 19.1 Å². The molecule has 0 spiro atoms. The molecule has 1 aromatic carbocycles. The number of hydrogen-bond donors (Lipinski definition) is 1. The van der Waals surface area contributed by atoms with E-state index in [1.807, 2.05) is 26.0 Å². The molecular formula is C18H25NO4. The van der Waals surface area contributed by atoms with Gasteiger partial charge in [-0.25, -0.2) is 4.79 Å². The van der Waals surface area contributed by atoms with Crippen molar-refractivity contribution < 1.29 is 19.4 Å². The van der Waals surface area contributed by atoms with Gasteiger partial charge in [-0.3, -0.25) is 9.69 Å². The zero-order chi connectivity index (χ0) is 16.8. The minimum Gasteiger partial charge on any atom is -0.481 e. The number of aliphatic carboxylic acids is 1. The summed E-state index contributed by atoms with van der Waals surface area (Å²) < 4.78 is 5.30. The first-order chi connectivity index (χ1) is 11.0. The van der Waals surface area contributed by atoms with Crippen LogP contribution in [0.2, 0.25) is 0 Å². The van der Waals surface area contributed by atoms with Gasteiger partial charge in [-0.2, -0.15) is 0 Å². The number of esters is 1. The fourth-order valence-electron chi connectivity index (χ4n) is 2.74. The largest absolute Gasteiger partial charge is 0.481 e. The number of carboxylic acids is 1. The molecule has 23 heavy (non-hydrogen) atoms. The molecule has 0 bridgehead atoms. The van der Waals surface area contributed by atoms with Gasteiger partial charge >= 0.3 is 11.9 Å². The number of nitrogens with zero attached hydrogens (tertiary/aromatic N) is 1. The molecule has 2 rings (SSSR count). The fraction of sp³-hybridized carbons (Fsp3) is 0.556.